The zero-order valence-electron chi connectivity index (χ0n) is 17.6. The molecule has 0 amide bonds. The maximum Gasteiger partial charge on any atom is 0.341 e. The van der Waals surface area contributed by atoms with Crippen molar-refractivity contribution in [2.45, 2.75) is 99.5 Å². The molecule has 144 valence electrons. The van der Waals surface area contributed by atoms with Crippen molar-refractivity contribution in [1.29, 1.82) is 0 Å². The van der Waals surface area contributed by atoms with Crippen LogP contribution in [0.3, 0.4) is 0 Å². The summed E-state index contributed by atoms with van der Waals surface area (Å²) in [5, 5.41) is 0. The average molecular weight is 361 g/mol. The highest BCUT2D eigenvalue weighted by atomic mass is 28.4. The van der Waals surface area contributed by atoms with Gasteiger partial charge in [-0.15, -0.1) is 0 Å². The molecule has 0 atom stereocenters. The van der Waals surface area contributed by atoms with Gasteiger partial charge in [-0.25, -0.2) is 0 Å². The minimum atomic E-state index is -2.33. The van der Waals surface area contributed by atoms with Gasteiger partial charge in [0.2, 0.25) is 0 Å². The van der Waals surface area contributed by atoms with E-state index in [9.17, 15) is 4.79 Å². The summed E-state index contributed by atoms with van der Waals surface area (Å²) in [5.74, 6) is 0.131. The van der Waals surface area contributed by atoms with Crippen molar-refractivity contribution in [1.82, 2.24) is 0 Å². The van der Waals surface area contributed by atoms with Crippen molar-refractivity contribution in [2.75, 3.05) is 6.61 Å². The number of hydrogen-bond donors (Lipinski definition) is 0. The fraction of sp³-hybridized carbons (Fsp3) is 0.947. The van der Waals surface area contributed by atoms with Crippen LogP contribution in [0.15, 0.2) is 0 Å². The fourth-order valence-corrected chi connectivity index (χ4v) is 6.06. The van der Waals surface area contributed by atoms with E-state index in [1.54, 1.807) is 0 Å². The quantitative estimate of drug-likeness (QED) is 0.285. The molecule has 24 heavy (non-hydrogen) atoms. The Morgan fingerprint density at radius 1 is 0.917 bits per heavy atom. The van der Waals surface area contributed by atoms with Crippen molar-refractivity contribution in [3.63, 3.8) is 0 Å². The third kappa shape index (κ3) is 7.24. The first kappa shape index (κ1) is 23.6. The van der Waals surface area contributed by atoms with Crippen molar-refractivity contribution in [3.05, 3.63) is 0 Å². The van der Waals surface area contributed by atoms with Gasteiger partial charge in [-0.05, 0) is 65.5 Å². The fourth-order valence-electron chi connectivity index (χ4n) is 2.41. The molecule has 0 aliphatic heterocycles. The zero-order chi connectivity index (χ0) is 19.1. The second-order valence-electron chi connectivity index (χ2n) is 8.42. The van der Waals surface area contributed by atoms with Crippen molar-refractivity contribution in [2.24, 2.45) is 11.3 Å². The Hall–Kier alpha value is -0.393. The van der Waals surface area contributed by atoms with E-state index in [-0.39, 0.29) is 24.1 Å². The standard InChI is InChI=1S/C19H40O4Si/c1-14(2)19(9,10)18(20)21-12-11-13-24(17(7)8,22-15(3)4)23-16(5)6/h14-17H,11-13H2,1-10H3. The molecule has 0 saturated heterocycles. The topological polar surface area (TPSA) is 44.8 Å². The number of carbonyl (C=O) groups excluding carboxylic acids is 1. The van der Waals surface area contributed by atoms with Crippen LogP contribution in [0.5, 0.6) is 0 Å². The Morgan fingerprint density at radius 2 is 1.38 bits per heavy atom. The molecule has 0 saturated carbocycles. The second kappa shape index (κ2) is 9.93. The molecule has 0 aliphatic carbocycles. The average Bonchev–Trinajstić information content (AvgIpc) is 2.41. The molecular formula is C19H40O4Si. The van der Waals surface area contributed by atoms with Gasteiger partial charge in [0.05, 0.1) is 12.0 Å². The van der Waals surface area contributed by atoms with E-state index in [1.807, 2.05) is 27.7 Å². The van der Waals surface area contributed by atoms with Gasteiger partial charge in [0.25, 0.3) is 0 Å². The van der Waals surface area contributed by atoms with Gasteiger partial charge in [-0.1, -0.05) is 27.7 Å². The lowest BCUT2D eigenvalue weighted by Crippen LogP contribution is -2.48. The highest BCUT2D eigenvalue weighted by Gasteiger charge is 2.43. The molecule has 0 radical (unpaired) electrons. The SMILES string of the molecule is CC(C)O[Si](CCCOC(=O)C(C)(C)C(C)C)(OC(C)C)C(C)C. The number of ether oxygens (including phenoxy) is 1. The van der Waals surface area contributed by atoms with Crippen LogP contribution in [0.2, 0.25) is 11.6 Å². The van der Waals surface area contributed by atoms with Gasteiger partial charge in [-0.3, -0.25) is 4.79 Å². The molecule has 0 aromatic rings. The highest BCUT2D eigenvalue weighted by molar-refractivity contribution is 6.68. The van der Waals surface area contributed by atoms with Crippen molar-refractivity contribution in [3.8, 4) is 0 Å². The van der Waals surface area contributed by atoms with Crippen LogP contribution in [0.25, 0.3) is 0 Å². The van der Waals surface area contributed by atoms with Crippen molar-refractivity contribution < 1.29 is 18.4 Å². The van der Waals surface area contributed by atoms with Gasteiger partial charge >= 0.3 is 14.5 Å². The Labute approximate surface area is 150 Å². The van der Waals surface area contributed by atoms with Gasteiger partial charge < -0.3 is 13.6 Å². The molecule has 0 fully saturated rings. The van der Waals surface area contributed by atoms with E-state index < -0.39 is 14.0 Å². The van der Waals surface area contributed by atoms with E-state index in [1.165, 1.54) is 0 Å². The predicted octanol–water partition coefficient (Wildman–Crippen LogP) is 5.30. The van der Waals surface area contributed by atoms with Gasteiger partial charge in [0.1, 0.15) is 0 Å². The molecule has 0 heterocycles. The lowest BCUT2D eigenvalue weighted by molar-refractivity contribution is -0.156. The van der Waals surface area contributed by atoms with E-state index in [4.69, 9.17) is 13.6 Å². The molecule has 4 nitrogen and oxygen atoms in total. The smallest absolute Gasteiger partial charge is 0.341 e. The zero-order valence-corrected chi connectivity index (χ0v) is 18.6. The summed E-state index contributed by atoms with van der Waals surface area (Å²) < 4.78 is 18.1. The Balaban J connectivity index is 4.76. The second-order valence-corrected chi connectivity index (χ2v) is 12.2. The van der Waals surface area contributed by atoms with E-state index in [0.29, 0.717) is 12.1 Å². The molecule has 0 spiro atoms. The minimum Gasteiger partial charge on any atom is -0.465 e. The van der Waals surface area contributed by atoms with Crippen LogP contribution in [0, 0.1) is 11.3 Å². The summed E-state index contributed by atoms with van der Waals surface area (Å²) in [7, 11) is -2.33. The van der Waals surface area contributed by atoms with Crippen molar-refractivity contribution >= 4 is 14.5 Å². The first-order chi connectivity index (χ1) is 10.8. The molecular weight excluding hydrogens is 320 g/mol. The molecule has 5 heteroatoms. The lowest BCUT2D eigenvalue weighted by Gasteiger charge is -2.37. The summed E-state index contributed by atoms with van der Waals surface area (Å²) in [4.78, 5) is 12.2. The Bertz CT molecular complexity index is 366. The van der Waals surface area contributed by atoms with Gasteiger partial charge in [0.15, 0.2) is 0 Å². The number of esters is 1. The molecule has 0 N–H and O–H groups in total. The Morgan fingerprint density at radius 3 is 1.71 bits per heavy atom. The minimum absolute atomic E-state index is 0.121. The summed E-state index contributed by atoms with van der Waals surface area (Å²) in [6, 6.07) is 0.844. The molecule has 0 aliphatic rings. The summed E-state index contributed by atoms with van der Waals surface area (Å²) in [6.45, 7) is 21.0. The van der Waals surface area contributed by atoms with Crippen LogP contribution in [0.1, 0.15) is 75.7 Å². The largest absolute Gasteiger partial charge is 0.465 e. The third-order valence-corrected chi connectivity index (χ3v) is 9.17. The summed E-state index contributed by atoms with van der Waals surface area (Å²) >= 11 is 0. The van der Waals surface area contributed by atoms with Crippen LogP contribution in [0.4, 0.5) is 0 Å². The van der Waals surface area contributed by atoms with Crippen LogP contribution < -0.4 is 0 Å². The summed E-state index contributed by atoms with van der Waals surface area (Å²) in [6.07, 6.45) is 1.06. The normalized spacial score (nSPS) is 13.4. The van der Waals surface area contributed by atoms with Crippen LogP contribution >= 0.6 is 0 Å². The van der Waals surface area contributed by atoms with E-state index in [2.05, 4.69) is 41.5 Å². The Kier molecular flexibility index (Phi) is 9.76. The molecule has 0 rings (SSSR count). The highest BCUT2D eigenvalue weighted by Crippen LogP contribution is 2.32. The maximum atomic E-state index is 12.2. The van der Waals surface area contributed by atoms with E-state index in [0.717, 1.165) is 12.5 Å². The molecule has 0 aromatic heterocycles. The number of rotatable bonds is 11. The van der Waals surface area contributed by atoms with Gasteiger partial charge in [0, 0.05) is 12.2 Å². The maximum absolute atomic E-state index is 12.2. The molecule has 0 bridgehead atoms. The summed E-state index contributed by atoms with van der Waals surface area (Å²) in [5.41, 5.74) is -0.0970. The monoisotopic (exact) mass is 360 g/mol. The van der Waals surface area contributed by atoms with E-state index >= 15 is 0 Å². The van der Waals surface area contributed by atoms with Crippen LogP contribution in [-0.2, 0) is 18.4 Å². The first-order valence-electron chi connectivity index (χ1n) is 9.38. The molecule has 0 aromatic carbocycles. The molecule has 0 unspecified atom stereocenters. The number of carbonyl (C=O) groups is 1. The van der Waals surface area contributed by atoms with Gasteiger partial charge in [-0.2, -0.15) is 0 Å². The first-order valence-corrected chi connectivity index (χ1v) is 11.5. The predicted molar refractivity (Wildman–Crippen MR) is 102 cm³/mol. The number of hydrogen-bond acceptors (Lipinski definition) is 4. The van der Waals surface area contributed by atoms with Crippen LogP contribution in [-0.4, -0.2) is 33.3 Å². The lowest BCUT2D eigenvalue weighted by atomic mass is 9.81. The third-order valence-electron chi connectivity index (χ3n) is 4.62.